The summed E-state index contributed by atoms with van der Waals surface area (Å²) in [4.78, 5) is 15.6. The van der Waals surface area contributed by atoms with Crippen molar-refractivity contribution in [3.63, 3.8) is 0 Å². The molecule has 1 fully saturated rings. The van der Waals surface area contributed by atoms with Gasteiger partial charge in [-0.05, 0) is 42.6 Å². The lowest BCUT2D eigenvalue weighted by atomic mass is 9.94. The van der Waals surface area contributed by atoms with Crippen LogP contribution in [0.5, 0.6) is 0 Å². The summed E-state index contributed by atoms with van der Waals surface area (Å²) in [5.41, 5.74) is 3.09. The number of hydrogen-bond acceptors (Lipinski definition) is 2. The second-order valence-corrected chi connectivity index (χ2v) is 8.85. The van der Waals surface area contributed by atoms with Crippen LogP contribution >= 0.6 is 23.2 Å². The van der Waals surface area contributed by atoms with Crippen molar-refractivity contribution < 1.29 is 4.79 Å². The Labute approximate surface area is 194 Å². The van der Waals surface area contributed by atoms with E-state index < -0.39 is 0 Å². The van der Waals surface area contributed by atoms with Crippen LogP contribution in [0.25, 0.3) is 0 Å². The van der Waals surface area contributed by atoms with Crippen LogP contribution in [0.3, 0.4) is 0 Å². The van der Waals surface area contributed by atoms with E-state index >= 15 is 0 Å². The lowest BCUT2D eigenvalue weighted by molar-refractivity contribution is -0.127. The van der Waals surface area contributed by atoms with Gasteiger partial charge in [-0.3, -0.25) is 9.69 Å². The Hall–Kier alpha value is -2.33. The molecule has 0 saturated carbocycles. The molecule has 1 aliphatic heterocycles. The van der Waals surface area contributed by atoms with Gasteiger partial charge in [-0.1, -0.05) is 89.9 Å². The largest absolute Gasteiger partial charge is 0.345 e. The van der Waals surface area contributed by atoms with Crippen LogP contribution in [0.1, 0.15) is 35.6 Å². The Bertz CT molecular complexity index is 951. The second-order valence-electron chi connectivity index (χ2n) is 8.04. The van der Waals surface area contributed by atoms with E-state index in [1.54, 1.807) is 0 Å². The van der Waals surface area contributed by atoms with Gasteiger partial charge in [0, 0.05) is 28.7 Å². The molecule has 1 aliphatic rings. The molecular weight excluding hydrogens is 427 g/mol. The molecule has 1 saturated heterocycles. The number of nitrogens with zero attached hydrogens (tertiary/aromatic N) is 1. The number of halogens is 2. The zero-order valence-electron chi connectivity index (χ0n) is 17.3. The molecule has 0 spiro atoms. The molecule has 3 nitrogen and oxygen atoms in total. The minimum absolute atomic E-state index is 0.0649. The van der Waals surface area contributed by atoms with E-state index in [0.29, 0.717) is 23.1 Å². The van der Waals surface area contributed by atoms with Crippen LogP contribution in [0.15, 0.2) is 78.9 Å². The average Bonchev–Trinajstić information content (AvgIpc) is 2.81. The van der Waals surface area contributed by atoms with E-state index in [0.717, 1.165) is 36.1 Å². The van der Waals surface area contributed by atoms with E-state index in [9.17, 15) is 4.79 Å². The summed E-state index contributed by atoms with van der Waals surface area (Å²) in [6, 6.07) is 25.7. The quantitative estimate of drug-likeness (QED) is 0.488. The minimum atomic E-state index is -0.164. The number of amides is 1. The van der Waals surface area contributed by atoms with Crippen molar-refractivity contribution in [1.29, 1.82) is 0 Å². The van der Waals surface area contributed by atoms with Gasteiger partial charge < -0.3 is 5.32 Å². The predicted molar refractivity (Wildman–Crippen MR) is 127 cm³/mol. The number of hydrogen-bond donors (Lipinski definition) is 1. The third-order valence-corrected chi connectivity index (χ3v) is 6.58. The molecule has 1 heterocycles. The number of benzene rings is 3. The summed E-state index contributed by atoms with van der Waals surface area (Å²) < 4.78 is 0. The monoisotopic (exact) mass is 452 g/mol. The number of likely N-dealkylation sites (tertiary alicyclic amines) is 1. The lowest BCUT2D eigenvalue weighted by Gasteiger charge is -2.33. The molecule has 1 unspecified atom stereocenters. The molecule has 0 radical (unpaired) electrons. The maximum Gasteiger partial charge on any atom is 0.225 e. The van der Waals surface area contributed by atoms with Crippen LogP contribution in [0.4, 0.5) is 0 Å². The van der Waals surface area contributed by atoms with Gasteiger partial charge in [-0.25, -0.2) is 0 Å². The second kappa shape index (κ2) is 10.3. The van der Waals surface area contributed by atoms with Gasteiger partial charge in [0.15, 0.2) is 0 Å². The van der Waals surface area contributed by atoms with Crippen LogP contribution in [0.2, 0.25) is 10.0 Å². The highest BCUT2D eigenvalue weighted by molar-refractivity contribution is 6.35. The number of piperidine rings is 1. The zero-order chi connectivity index (χ0) is 21.6. The normalized spacial score (nSPS) is 16.9. The van der Waals surface area contributed by atoms with E-state index in [2.05, 4.69) is 34.5 Å². The Kier molecular flexibility index (Phi) is 7.29. The first kappa shape index (κ1) is 21.9. The molecular formula is C26H26Cl2N2O. The predicted octanol–water partition coefficient (Wildman–Crippen LogP) is 6.11. The molecule has 3 aromatic rings. The standard InChI is InChI=1S/C26H26Cl2N2O/c27-23-14-7-15-24(28)22(23)18-30-16-8-13-21(17-30)26(31)29-25(19-9-3-1-4-10-19)20-11-5-2-6-12-20/h1-7,9-12,14-15,21,25H,8,13,16-18H2,(H,29,31). The molecule has 31 heavy (non-hydrogen) atoms. The van der Waals surface area contributed by atoms with Gasteiger partial charge in [0.05, 0.1) is 12.0 Å². The van der Waals surface area contributed by atoms with Crippen molar-refractivity contribution in [1.82, 2.24) is 10.2 Å². The highest BCUT2D eigenvalue weighted by Crippen LogP contribution is 2.28. The molecule has 4 rings (SSSR count). The van der Waals surface area contributed by atoms with E-state index in [4.69, 9.17) is 23.2 Å². The first-order chi connectivity index (χ1) is 15.1. The van der Waals surface area contributed by atoms with E-state index in [1.807, 2.05) is 54.6 Å². The molecule has 0 aliphatic carbocycles. The highest BCUT2D eigenvalue weighted by Gasteiger charge is 2.28. The van der Waals surface area contributed by atoms with Crippen LogP contribution < -0.4 is 5.32 Å². The third kappa shape index (κ3) is 5.48. The van der Waals surface area contributed by atoms with Crippen molar-refractivity contribution in [2.24, 2.45) is 5.92 Å². The summed E-state index contributed by atoms with van der Waals surface area (Å²) in [7, 11) is 0. The van der Waals surface area contributed by atoms with Crippen molar-refractivity contribution >= 4 is 29.1 Å². The zero-order valence-corrected chi connectivity index (χ0v) is 18.8. The number of carbonyl (C=O) groups is 1. The Morgan fingerprint density at radius 2 is 1.48 bits per heavy atom. The molecule has 1 N–H and O–H groups in total. The van der Waals surface area contributed by atoms with E-state index in [-0.39, 0.29) is 17.9 Å². The molecule has 5 heteroatoms. The summed E-state index contributed by atoms with van der Waals surface area (Å²) in [5, 5.41) is 4.66. The number of nitrogens with one attached hydrogen (secondary N) is 1. The summed E-state index contributed by atoms with van der Waals surface area (Å²) in [5.74, 6) is 0.0256. The highest BCUT2D eigenvalue weighted by atomic mass is 35.5. The SMILES string of the molecule is O=C(NC(c1ccccc1)c1ccccc1)C1CCCN(Cc2c(Cl)cccc2Cl)C1. The van der Waals surface area contributed by atoms with Gasteiger partial charge >= 0.3 is 0 Å². The number of carbonyl (C=O) groups excluding carboxylic acids is 1. The first-order valence-electron chi connectivity index (χ1n) is 10.7. The van der Waals surface area contributed by atoms with Crippen LogP contribution in [-0.2, 0) is 11.3 Å². The fourth-order valence-electron chi connectivity index (χ4n) is 4.23. The van der Waals surface area contributed by atoms with Crippen LogP contribution in [0, 0.1) is 5.92 Å². The Balaban J connectivity index is 1.47. The van der Waals surface area contributed by atoms with Gasteiger partial charge in [0.1, 0.15) is 0 Å². The smallest absolute Gasteiger partial charge is 0.225 e. The molecule has 1 amide bonds. The van der Waals surface area contributed by atoms with Crippen molar-refractivity contribution in [2.45, 2.75) is 25.4 Å². The summed E-state index contributed by atoms with van der Waals surface area (Å²) in [6.07, 6.45) is 1.86. The molecule has 3 aromatic carbocycles. The fraction of sp³-hybridized carbons (Fsp3) is 0.269. The lowest BCUT2D eigenvalue weighted by Crippen LogP contribution is -2.43. The molecule has 0 aromatic heterocycles. The maximum absolute atomic E-state index is 13.3. The topological polar surface area (TPSA) is 32.3 Å². The van der Waals surface area contributed by atoms with Gasteiger partial charge in [-0.15, -0.1) is 0 Å². The summed E-state index contributed by atoms with van der Waals surface area (Å²) >= 11 is 12.7. The van der Waals surface area contributed by atoms with Crippen molar-refractivity contribution in [3.8, 4) is 0 Å². The van der Waals surface area contributed by atoms with Gasteiger partial charge in [-0.2, -0.15) is 0 Å². The third-order valence-electron chi connectivity index (χ3n) is 5.87. The minimum Gasteiger partial charge on any atom is -0.345 e. The maximum atomic E-state index is 13.3. The fourth-order valence-corrected chi connectivity index (χ4v) is 4.75. The Morgan fingerprint density at radius 1 is 0.903 bits per heavy atom. The molecule has 0 bridgehead atoms. The summed E-state index contributed by atoms with van der Waals surface area (Å²) in [6.45, 7) is 2.29. The molecule has 160 valence electrons. The van der Waals surface area contributed by atoms with Crippen LogP contribution in [-0.4, -0.2) is 23.9 Å². The average molecular weight is 453 g/mol. The number of rotatable bonds is 6. The van der Waals surface area contributed by atoms with Gasteiger partial charge in [0.2, 0.25) is 5.91 Å². The van der Waals surface area contributed by atoms with Gasteiger partial charge in [0.25, 0.3) is 0 Å². The Morgan fingerprint density at radius 3 is 2.06 bits per heavy atom. The first-order valence-corrected chi connectivity index (χ1v) is 11.4. The van der Waals surface area contributed by atoms with Crippen molar-refractivity contribution in [2.75, 3.05) is 13.1 Å². The van der Waals surface area contributed by atoms with Crippen molar-refractivity contribution in [3.05, 3.63) is 106 Å². The van der Waals surface area contributed by atoms with E-state index in [1.165, 1.54) is 0 Å². The molecule has 1 atom stereocenters.